The standard InChI is InChI=1S/C16H18N4/c1-10-16(12-7-5-6-8-14(12)20(10)4)13-9-15(17-3)19-11(2)18-13/h5-9H,1-4H3,(H,17,18,19). The van der Waals surface area contributed by atoms with Crippen molar-refractivity contribution >= 4 is 16.7 Å². The SMILES string of the molecule is CNc1cc(-c2c(C)n(C)c3ccccc23)nc(C)n1. The third-order valence-electron chi connectivity index (χ3n) is 3.75. The normalized spacial score (nSPS) is 11.0. The first-order valence-electron chi connectivity index (χ1n) is 6.69. The second kappa shape index (κ2) is 4.63. The minimum atomic E-state index is 0.777. The van der Waals surface area contributed by atoms with Gasteiger partial charge in [0.15, 0.2) is 0 Å². The number of para-hydroxylation sites is 1. The third-order valence-corrected chi connectivity index (χ3v) is 3.75. The Kier molecular flexibility index (Phi) is 2.93. The fourth-order valence-electron chi connectivity index (χ4n) is 2.67. The zero-order valence-corrected chi connectivity index (χ0v) is 12.2. The van der Waals surface area contributed by atoms with Crippen LogP contribution in [0.25, 0.3) is 22.2 Å². The second-order valence-electron chi connectivity index (χ2n) is 4.97. The monoisotopic (exact) mass is 266 g/mol. The average Bonchev–Trinajstić information content (AvgIpc) is 2.71. The number of nitrogens with zero attached hydrogens (tertiary/aromatic N) is 3. The number of anilines is 1. The van der Waals surface area contributed by atoms with Crippen LogP contribution in [0.4, 0.5) is 5.82 Å². The van der Waals surface area contributed by atoms with Gasteiger partial charge in [-0.1, -0.05) is 18.2 Å². The quantitative estimate of drug-likeness (QED) is 0.774. The molecule has 1 aromatic carbocycles. The lowest BCUT2D eigenvalue weighted by molar-refractivity contribution is 0.918. The molecule has 0 aliphatic rings. The molecule has 0 saturated heterocycles. The van der Waals surface area contributed by atoms with Gasteiger partial charge in [0, 0.05) is 42.3 Å². The number of fused-ring (bicyclic) bond motifs is 1. The Morgan fingerprint density at radius 3 is 2.60 bits per heavy atom. The number of rotatable bonds is 2. The first kappa shape index (κ1) is 12.7. The minimum absolute atomic E-state index is 0.777. The molecule has 0 fully saturated rings. The summed E-state index contributed by atoms with van der Waals surface area (Å²) in [6.07, 6.45) is 0. The number of hydrogen-bond acceptors (Lipinski definition) is 3. The Hall–Kier alpha value is -2.36. The highest BCUT2D eigenvalue weighted by Gasteiger charge is 2.15. The number of benzene rings is 1. The smallest absolute Gasteiger partial charge is 0.130 e. The summed E-state index contributed by atoms with van der Waals surface area (Å²) in [5.41, 5.74) is 4.59. The van der Waals surface area contributed by atoms with Crippen LogP contribution in [0.15, 0.2) is 30.3 Å². The molecule has 0 bridgehead atoms. The summed E-state index contributed by atoms with van der Waals surface area (Å²) in [5, 5.41) is 4.32. The van der Waals surface area contributed by atoms with Crippen molar-refractivity contribution in [2.24, 2.45) is 7.05 Å². The number of hydrogen-bond donors (Lipinski definition) is 1. The van der Waals surface area contributed by atoms with Gasteiger partial charge in [0.2, 0.25) is 0 Å². The molecule has 0 saturated carbocycles. The molecule has 2 heterocycles. The van der Waals surface area contributed by atoms with Gasteiger partial charge in [-0.15, -0.1) is 0 Å². The maximum absolute atomic E-state index is 4.61. The van der Waals surface area contributed by atoms with E-state index in [1.807, 2.05) is 20.0 Å². The number of aromatic nitrogens is 3. The van der Waals surface area contributed by atoms with Gasteiger partial charge in [0.05, 0.1) is 5.69 Å². The first-order valence-corrected chi connectivity index (χ1v) is 6.69. The molecule has 2 aromatic heterocycles. The van der Waals surface area contributed by atoms with E-state index in [0.717, 1.165) is 17.3 Å². The van der Waals surface area contributed by atoms with E-state index in [2.05, 4.69) is 58.1 Å². The molecule has 0 amide bonds. The van der Waals surface area contributed by atoms with Gasteiger partial charge in [0.1, 0.15) is 11.6 Å². The van der Waals surface area contributed by atoms with Gasteiger partial charge >= 0.3 is 0 Å². The second-order valence-corrected chi connectivity index (χ2v) is 4.97. The van der Waals surface area contributed by atoms with Gasteiger partial charge in [-0.25, -0.2) is 9.97 Å². The van der Waals surface area contributed by atoms with Crippen LogP contribution in [0.1, 0.15) is 11.5 Å². The van der Waals surface area contributed by atoms with Gasteiger partial charge in [-0.3, -0.25) is 0 Å². The van der Waals surface area contributed by atoms with Crippen molar-refractivity contribution < 1.29 is 0 Å². The predicted octanol–water partition coefficient (Wildman–Crippen LogP) is 3.29. The Bertz CT molecular complexity index is 787. The van der Waals surface area contributed by atoms with Crippen LogP contribution in [0.2, 0.25) is 0 Å². The van der Waals surface area contributed by atoms with E-state index in [4.69, 9.17) is 0 Å². The molecule has 102 valence electrons. The summed E-state index contributed by atoms with van der Waals surface area (Å²) in [4.78, 5) is 8.98. The van der Waals surface area contributed by atoms with E-state index < -0.39 is 0 Å². The van der Waals surface area contributed by atoms with Crippen molar-refractivity contribution in [3.8, 4) is 11.3 Å². The molecule has 4 heteroatoms. The zero-order chi connectivity index (χ0) is 14.3. The van der Waals surface area contributed by atoms with Crippen molar-refractivity contribution in [2.45, 2.75) is 13.8 Å². The van der Waals surface area contributed by atoms with Crippen molar-refractivity contribution in [1.29, 1.82) is 0 Å². The molecule has 0 spiro atoms. The molecular weight excluding hydrogens is 248 g/mol. The average molecular weight is 266 g/mol. The maximum Gasteiger partial charge on any atom is 0.130 e. The van der Waals surface area contributed by atoms with Crippen LogP contribution in [0, 0.1) is 13.8 Å². The molecule has 0 aliphatic carbocycles. The summed E-state index contributed by atoms with van der Waals surface area (Å²) in [7, 11) is 3.97. The van der Waals surface area contributed by atoms with Crippen molar-refractivity contribution in [3.63, 3.8) is 0 Å². The fourth-order valence-corrected chi connectivity index (χ4v) is 2.67. The number of aryl methyl sites for hydroxylation is 2. The van der Waals surface area contributed by atoms with Crippen LogP contribution < -0.4 is 5.32 Å². The van der Waals surface area contributed by atoms with Crippen LogP contribution in [-0.4, -0.2) is 21.6 Å². The Morgan fingerprint density at radius 1 is 1.10 bits per heavy atom. The van der Waals surface area contributed by atoms with Gasteiger partial charge in [-0.2, -0.15) is 0 Å². The minimum Gasteiger partial charge on any atom is -0.373 e. The molecule has 0 unspecified atom stereocenters. The van der Waals surface area contributed by atoms with Crippen LogP contribution in [0.5, 0.6) is 0 Å². The van der Waals surface area contributed by atoms with E-state index >= 15 is 0 Å². The highest BCUT2D eigenvalue weighted by Crippen LogP contribution is 2.33. The summed E-state index contributed by atoms with van der Waals surface area (Å²) >= 11 is 0. The highest BCUT2D eigenvalue weighted by atomic mass is 15.0. The van der Waals surface area contributed by atoms with E-state index in [1.54, 1.807) is 0 Å². The first-order chi connectivity index (χ1) is 9.61. The topological polar surface area (TPSA) is 42.7 Å². The zero-order valence-electron chi connectivity index (χ0n) is 12.2. The Morgan fingerprint density at radius 2 is 1.85 bits per heavy atom. The van der Waals surface area contributed by atoms with Gasteiger partial charge in [-0.05, 0) is 19.9 Å². The van der Waals surface area contributed by atoms with Crippen LogP contribution >= 0.6 is 0 Å². The Labute approximate surface area is 118 Å². The summed E-state index contributed by atoms with van der Waals surface area (Å²) in [6.45, 7) is 4.05. The molecule has 0 radical (unpaired) electrons. The lowest BCUT2D eigenvalue weighted by Gasteiger charge is -2.06. The van der Waals surface area contributed by atoms with Crippen molar-refractivity contribution in [1.82, 2.24) is 14.5 Å². The molecule has 20 heavy (non-hydrogen) atoms. The van der Waals surface area contributed by atoms with Crippen molar-refractivity contribution in [2.75, 3.05) is 12.4 Å². The number of nitrogens with one attached hydrogen (secondary N) is 1. The molecule has 1 N–H and O–H groups in total. The fraction of sp³-hybridized carbons (Fsp3) is 0.250. The summed E-state index contributed by atoms with van der Waals surface area (Å²) in [6, 6.07) is 10.4. The molecule has 0 aliphatic heterocycles. The Balaban J connectivity index is 2.35. The molecule has 3 aromatic rings. The third kappa shape index (κ3) is 1.84. The molecule has 4 nitrogen and oxygen atoms in total. The van der Waals surface area contributed by atoms with Crippen LogP contribution in [-0.2, 0) is 7.05 Å². The van der Waals surface area contributed by atoms with Gasteiger partial charge < -0.3 is 9.88 Å². The van der Waals surface area contributed by atoms with Crippen LogP contribution in [0.3, 0.4) is 0 Å². The van der Waals surface area contributed by atoms with E-state index in [-0.39, 0.29) is 0 Å². The maximum atomic E-state index is 4.61. The molecule has 0 atom stereocenters. The lowest BCUT2D eigenvalue weighted by Crippen LogP contribution is -1.99. The molecular formula is C16H18N4. The van der Waals surface area contributed by atoms with E-state index in [9.17, 15) is 0 Å². The summed E-state index contributed by atoms with van der Waals surface area (Å²) < 4.78 is 2.21. The predicted molar refractivity (Wildman–Crippen MR) is 83.0 cm³/mol. The largest absolute Gasteiger partial charge is 0.373 e. The summed E-state index contributed by atoms with van der Waals surface area (Å²) in [5.74, 6) is 1.62. The van der Waals surface area contributed by atoms with Crippen molar-refractivity contribution in [3.05, 3.63) is 41.9 Å². The van der Waals surface area contributed by atoms with E-state index in [1.165, 1.54) is 22.2 Å². The lowest BCUT2D eigenvalue weighted by atomic mass is 10.1. The van der Waals surface area contributed by atoms with E-state index in [0.29, 0.717) is 0 Å². The highest BCUT2D eigenvalue weighted by molar-refractivity contribution is 5.97. The molecule has 3 rings (SSSR count). The van der Waals surface area contributed by atoms with Gasteiger partial charge in [0.25, 0.3) is 0 Å².